The molecule has 13 aromatic rings. The summed E-state index contributed by atoms with van der Waals surface area (Å²) in [7, 11) is 0. The van der Waals surface area contributed by atoms with Gasteiger partial charge in [0.2, 0.25) is 5.95 Å². The fraction of sp³-hybridized carbons (Fsp3) is 0. The van der Waals surface area contributed by atoms with E-state index in [1.165, 1.54) is 0 Å². The molecule has 0 amide bonds. The molecule has 0 spiro atoms. The van der Waals surface area contributed by atoms with Gasteiger partial charge in [0.25, 0.3) is 0 Å². The van der Waals surface area contributed by atoms with Gasteiger partial charge < -0.3 is 4.90 Å². The molecule has 4 heterocycles. The van der Waals surface area contributed by atoms with Crippen molar-refractivity contribution in [2.24, 2.45) is 0 Å². The number of benzene rings is 10. The zero-order chi connectivity index (χ0) is 53.2. The van der Waals surface area contributed by atoms with Gasteiger partial charge in [-0.3, -0.25) is 4.90 Å². The Balaban J connectivity index is 1.07. The largest absolute Gasteiger partial charge is 0.306 e. The molecule has 1 aliphatic heterocycles. The summed E-state index contributed by atoms with van der Waals surface area (Å²) in [5, 5.41) is 0. The van der Waals surface area contributed by atoms with Crippen molar-refractivity contribution >= 4 is 34.4 Å². The number of nitrogens with zero attached hydrogens (tertiary/aromatic N) is 10. The Bertz CT molecular complexity index is 4120. The smallest absolute Gasteiger partial charge is 0.238 e. The summed E-state index contributed by atoms with van der Waals surface area (Å²) < 4.78 is 0. The van der Waals surface area contributed by atoms with Gasteiger partial charge in [-0.1, -0.05) is 237 Å². The van der Waals surface area contributed by atoms with Gasteiger partial charge in [0.15, 0.2) is 34.9 Å². The highest BCUT2D eigenvalue weighted by atomic mass is 15.3. The summed E-state index contributed by atoms with van der Waals surface area (Å²) in [6.07, 6.45) is 0. The van der Waals surface area contributed by atoms with E-state index in [9.17, 15) is 0 Å². The first-order valence-corrected chi connectivity index (χ1v) is 26.4. The lowest BCUT2D eigenvalue weighted by molar-refractivity contribution is 1.01. The van der Waals surface area contributed by atoms with Gasteiger partial charge in [0.1, 0.15) is 0 Å². The molecule has 376 valence electrons. The standard InChI is InChI=1S/C70H46N10/c1-8-26-47(27-9-1)54-45-63(79-59-40-22-24-42-61(59)80(62-43-25-23-41-60(62)79)70-77-67(52-36-18-6-19-37-52)74-68(78-70)53-38-20-7-21-39-53)56(58-46-57(48-28-10-2-11-29-48)71-64(72-58)49-30-12-3-13-31-49)44-55(54)69-75-65(50-32-14-4-15-33-50)73-66(76-69)51-34-16-5-17-35-51/h1-46H. The van der Waals surface area contributed by atoms with Crippen molar-refractivity contribution in [1.82, 2.24) is 39.9 Å². The lowest BCUT2D eigenvalue weighted by atomic mass is 9.92. The molecule has 1 aliphatic rings. The van der Waals surface area contributed by atoms with Crippen LogP contribution in [0.5, 0.6) is 0 Å². The van der Waals surface area contributed by atoms with Crippen LogP contribution in [0.25, 0.3) is 102 Å². The second kappa shape index (κ2) is 20.8. The lowest BCUT2D eigenvalue weighted by Crippen LogP contribution is -2.26. The van der Waals surface area contributed by atoms with Crippen LogP contribution in [0.2, 0.25) is 0 Å². The van der Waals surface area contributed by atoms with Gasteiger partial charge in [0, 0.05) is 44.5 Å². The SMILES string of the molecule is c1ccc(-c2cc(-c3cc(-c4nc(-c5ccccc5)nc(-c5ccccc5)n4)c(-c4ccccc4)cc3N3c4ccccc4N(c4nc(-c5ccccc5)nc(-c5ccccc5)n4)c4ccccc43)nc(-c3ccccc3)n2)cc1. The summed E-state index contributed by atoms with van der Waals surface area (Å²) in [5.74, 6) is 3.82. The number of anilines is 6. The van der Waals surface area contributed by atoms with Crippen LogP contribution in [0.1, 0.15) is 0 Å². The molecule has 0 aliphatic carbocycles. The molecule has 0 radical (unpaired) electrons. The van der Waals surface area contributed by atoms with E-state index in [4.69, 9.17) is 39.9 Å². The Kier molecular flexibility index (Phi) is 12.3. The maximum absolute atomic E-state index is 5.55. The van der Waals surface area contributed by atoms with Gasteiger partial charge in [-0.25, -0.2) is 29.9 Å². The first kappa shape index (κ1) is 47.4. The van der Waals surface area contributed by atoms with Crippen LogP contribution in [-0.4, -0.2) is 39.9 Å². The predicted octanol–water partition coefficient (Wildman–Crippen LogP) is 17.1. The van der Waals surface area contributed by atoms with E-state index in [0.717, 1.165) is 89.8 Å². The second-order valence-corrected chi connectivity index (χ2v) is 19.2. The Hall–Kier alpha value is -11.1. The van der Waals surface area contributed by atoms with E-state index in [2.05, 4.69) is 125 Å². The van der Waals surface area contributed by atoms with Crippen LogP contribution in [0.4, 0.5) is 34.4 Å². The summed E-state index contributed by atoms with van der Waals surface area (Å²) in [6, 6.07) is 94.7. The number of fused-ring (bicyclic) bond motifs is 2. The third-order valence-corrected chi connectivity index (χ3v) is 14.1. The Morgan fingerprint density at radius 2 is 0.500 bits per heavy atom. The van der Waals surface area contributed by atoms with E-state index in [-0.39, 0.29) is 0 Å². The molecule has 0 N–H and O–H groups in total. The van der Waals surface area contributed by atoms with Crippen molar-refractivity contribution in [3.8, 4) is 102 Å². The van der Waals surface area contributed by atoms with Crippen molar-refractivity contribution in [3.63, 3.8) is 0 Å². The van der Waals surface area contributed by atoms with E-state index in [0.29, 0.717) is 46.6 Å². The molecule has 0 saturated heterocycles. The molecule has 0 fully saturated rings. The minimum absolute atomic E-state index is 0.479. The average Bonchev–Trinajstić information content (AvgIpc) is 3.66. The van der Waals surface area contributed by atoms with Gasteiger partial charge in [-0.2, -0.15) is 9.97 Å². The van der Waals surface area contributed by atoms with Gasteiger partial charge in [-0.15, -0.1) is 0 Å². The second-order valence-electron chi connectivity index (χ2n) is 19.2. The fourth-order valence-corrected chi connectivity index (χ4v) is 10.3. The van der Waals surface area contributed by atoms with E-state index in [1.54, 1.807) is 0 Å². The number of aromatic nitrogens is 8. The molecule has 14 rings (SSSR count). The molecule has 10 heteroatoms. The average molecular weight is 1030 g/mol. The molecule has 0 unspecified atom stereocenters. The van der Waals surface area contributed by atoms with Crippen LogP contribution in [0, 0.1) is 0 Å². The first-order valence-electron chi connectivity index (χ1n) is 26.4. The Morgan fingerprint density at radius 1 is 0.188 bits per heavy atom. The lowest BCUT2D eigenvalue weighted by Gasteiger charge is -2.40. The highest BCUT2D eigenvalue weighted by Crippen LogP contribution is 2.56. The van der Waals surface area contributed by atoms with Gasteiger partial charge in [0.05, 0.1) is 39.8 Å². The number of hydrogen-bond donors (Lipinski definition) is 0. The van der Waals surface area contributed by atoms with E-state index < -0.39 is 0 Å². The molecule has 0 saturated carbocycles. The highest BCUT2D eigenvalue weighted by Gasteiger charge is 2.35. The van der Waals surface area contributed by atoms with E-state index >= 15 is 0 Å². The van der Waals surface area contributed by atoms with E-state index in [1.807, 2.05) is 164 Å². The van der Waals surface area contributed by atoms with Crippen LogP contribution in [-0.2, 0) is 0 Å². The van der Waals surface area contributed by atoms with Gasteiger partial charge in [-0.05, 0) is 53.6 Å². The summed E-state index contributed by atoms with van der Waals surface area (Å²) in [4.78, 5) is 46.8. The molecule has 0 atom stereocenters. The zero-order valence-electron chi connectivity index (χ0n) is 43.0. The van der Waals surface area contributed by atoms with Crippen LogP contribution < -0.4 is 9.80 Å². The first-order chi connectivity index (χ1) is 39.7. The highest BCUT2D eigenvalue weighted by molar-refractivity contribution is 6.05. The minimum Gasteiger partial charge on any atom is -0.306 e. The normalized spacial score (nSPS) is 11.7. The molecule has 0 bridgehead atoms. The molecular weight excluding hydrogens is 981 g/mol. The van der Waals surface area contributed by atoms with Crippen LogP contribution in [0.3, 0.4) is 0 Å². The minimum atomic E-state index is 0.479. The van der Waals surface area contributed by atoms with Crippen molar-refractivity contribution in [1.29, 1.82) is 0 Å². The molecule has 80 heavy (non-hydrogen) atoms. The quantitative estimate of drug-likeness (QED) is 0.124. The number of rotatable bonds is 11. The van der Waals surface area contributed by atoms with Crippen molar-refractivity contribution in [2.45, 2.75) is 0 Å². The number of hydrogen-bond acceptors (Lipinski definition) is 10. The molecular formula is C70H46N10. The van der Waals surface area contributed by atoms with Crippen molar-refractivity contribution in [3.05, 3.63) is 279 Å². The van der Waals surface area contributed by atoms with Crippen LogP contribution >= 0.6 is 0 Å². The number of para-hydroxylation sites is 4. The van der Waals surface area contributed by atoms with Gasteiger partial charge >= 0.3 is 0 Å². The van der Waals surface area contributed by atoms with Crippen molar-refractivity contribution in [2.75, 3.05) is 9.80 Å². The Morgan fingerprint density at radius 3 is 0.912 bits per heavy atom. The molecule has 10 aromatic carbocycles. The summed E-state index contributed by atoms with van der Waals surface area (Å²) >= 11 is 0. The molecule has 3 aromatic heterocycles. The fourth-order valence-electron chi connectivity index (χ4n) is 10.3. The van der Waals surface area contributed by atoms with Crippen LogP contribution in [0.15, 0.2) is 279 Å². The summed E-state index contributed by atoms with van der Waals surface area (Å²) in [5.41, 5.74) is 14.7. The monoisotopic (exact) mass is 1030 g/mol. The summed E-state index contributed by atoms with van der Waals surface area (Å²) in [6.45, 7) is 0. The maximum Gasteiger partial charge on any atom is 0.238 e. The third-order valence-electron chi connectivity index (χ3n) is 14.1. The zero-order valence-corrected chi connectivity index (χ0v) is 43.0. The Labute approximate surface area is 462 Å². The molecule has 10 nitrogen and oxygen atoms in total. The van der Waals surface area contributed by atoms with Crippen molar-refractivity contribution < 1.29 is 0 Å². The topological polar surface area (TPSA) is 110 Å². The predicted molar refractivity (Wildman–Crippen MR) is 321 cm³/mol. The maximum atomic E-state index is 5.55. The third kappa shape index (κ3) is 9.08.